The summed E-state index contributed by atoms with van der Waals surface area (Å²) < 4.78 is 40.5. The van der Waals surface area contributed by atoms with E-state index >= 15 is 0 Å². The molecule has 2 heterocycles. The summed E-state index contributed by atoms with van der Waals surface area (Å²) in [6.45, 7) is 6.75. The van der Waals surface area contributed by atoms with Gasteiger partial charge in [0.2, 0.25) is 10.0 Å². The van der Waals surface area contributed by atoms with E-state index in [2.05, 4.69) is 61.2 Å². The third-order valence-electron chi connectivity index (χ3n) is 8.50. The van der Waals surface area contributed by atoms with E-state index in [1.807, 2.05) is 0 Å². The van der Waals surface area contributed by atoms with Crippen molar-refractivity contribution in [3.05, 3.63) is 77.4 Å². The summed E-state index contributed by atoms with van der Waals surface area (Å²) in [5, 5.41) is 0. The molecule has 3 atom stereocenters. The summed E-state index contributed by atoms with van der Waals surface area (Å²) in [4.78, 5) is 2.60. The standard InChI is InChI=1S/C31H39N3O4S/c1-21-8-7-9-26(22(21)2)23-10-12-24(13-11-23)31-27-19-33(16-5-6-17-34(27)28(31)20-37-3)39(35,36)30-15-14-25(32)18-29(30)38-4/h7-15,18,27-28,31H,5-6,16-17,19-20,32H2,1-4H3/t27-,28?,31-/m0/s1. The second kappa shape index (κ2) is 11.3. The lowest BCUT2D eigenvalue weighted by atomic mass is 9.74. The fourth-order valence-corrected chi connectivity index (χ4v) is 7.90. The average Bonchev–Trinajstić information content (AvgIpc) is 2.91. The first-order chi connectivity index (χ1) is 18.8. The summed E-state index contributed by atoms with van der Waals surface area (Å²) in [5.74, 6) is 0.445. The van der Waals surface area contributed by atoms with Gasteiger partial charge < -0.3 is 15.2 Å². The van der Waals surface area contributed by atoms with Gasteiger partial charge in [0.25, 0.3) is 0 Å². The maximum Gasteiger partial charge on any atom is 0.246 e. The van der Waals surface area contributed by atoms with Crippen LogP contribution in [-0.4, -0.2) is 70.2 Å². The fraction of sp³-hybridized carbons (Fsp3) is 0.419. The fourth-order valence-electron chi connectivity index (χ4n) is 6.26. The lowest BCUT2D eigenvalue weighted by Gasteiger charge is -2.57. The highest BCUT2D eigenvalue weighted by Crippen LogP contribution is 2.44. The van der Waals surface area contributed by atoms with Gasteiger partial charge in [-0.25, -0.2) is 8.42 Å². The number of aryl methyl sites for hydroxylation is 1. The van der Waals surface area contributed by atoms with Gasteiger partial charge in [0.15, 0.2) is 0 Å². The highest BCUT2D eigenvalue weighted by atomic mass is 32.2. The van der Waals surface area contributed by atoms with E-state index in [0.29, 0.717) is 25.4 Å². The number of fused-ring (bicyclic) bond motifs is 1. The summed E-state index contributed by atoms with van der Waals surface area (Å²) in [6.07, 6.45) is 1.73. The lowest BCUT2D eigenvalue weighted by molar-refractivity contribution is -0.0635. The maximum absolute atomic E-state index is 13.9. The van der Waals surface area contributed by atoms with Crippen molar-refractivity contribution in [2.24, 2.45) is 0 Å². The smallest absolute Gasteiger partial charge is 0.246 e. The number of rotatable bonds is 7. The summed E-state index contributed by atoms with van der Waals surface area (Å²) in [5.41, 5.74) is 12.6. The van der Waals surface area contributed by atoms with Crippen LogP contribution in [0.5, 0.6) is 5.75 Å². The Balaban J connectivity index is 1.46. The Hall–Kier alpha value is -2.91. The second-order valence-corrected chi connectivity index (χ2v) is 12.6. The van der Waals surface area contributed by atoms with Crippen LogP contribution < -0.4 is 10.5 Å². The molecule has 2 aliphatic heterocycles. The number of methoxy groups -OCH3 is 2. The van der Waals surface area contributed by atoms with Crippen LogP contribution in [0.1, 0.15) is 35.4 Å². The maximum atomic E-state index is 13.9. The van der Waals surface area contributed by atoms with E-state index in [0.717, 1.165) is 19.4 Å². The molecule has 2 fully saturated rings. The zero-order chi connectivity index (χ0) is 27.7. The van der Waals surface area contributed by atoms with Gasteiger partial charge in [-0.3, -0.25) is 4.90 Å². The van der Waals surface area contributed by atoms with Crippen molar-refractivity contribution < 1.29 is 17.9 Å². The van der Waals surface area contributed by atoms with Crippen molar-refractivity contribution in [2.45, 2.75) is 49.6 Å². The predicted octanol–water partition coefficient (Wildman–Crippen LogP) is 4.83. The molecule has 0 amide bonds. The van der Waals surface area contributed by atoms with Gasteiger partial charge >= 0.3 is 0 Å². The molecule has 0 bridgehead atoms. The van der Waals surface area contributed by atoms with Crippen LogP contribution in [-0.2, 0) is 14.8 Å². The molecule has 0 aromatic heterocycles. The quantitative estimate of drug-likeness (QED) is 0.425. The molecule has 1 unspecified atom stereocenters. The molecule has 2 N–H and O–H groups in total. The number of nitrogens with two attached hydrogens (primary N) is 1. The zero-order valence-corrected chi connectivity index (χ0v) is 24.1. The van der Waals surface area contributed by atoms with Gasteiger partial charge in [-0.2, -0.15) is 4.31 Å². The van der Waals surface area contributed by atoms with Gasteiger partial charge in [-0.05, 0) is 73.2 Å². The van der Waals surface area contributed by atoms with Gasteiger partial charge in [-0.15, -0.1) is 0 Å². The van der Waals surface area contributed by atoms with Crippen LogP contribution in [0.3, 0.4) is 0 Å². The van der Waals surface area contributed by atoms with Crippen LogP contribution in [0.15, 0.2) is 65.6 Å². The largest absolute Gasteiger partial charge is 0.495 e. The summed E-state index contributed by atoms with van der Waals surface area (Å²) in [7, 11) is -0.563. The Bertz CT molecular complexity index is 1420. The van der Waals surface area contributed by atoms with Gasteiger partial charge in [0.1, 0.15) is 10.6 Å². The Morgan fingerprint density at radius 2 is 1.72 bits per heavy atom. The summed E-state index contributed by atoms with van der Waals surface area (Å²) >= 11 is 0. The molecule has 39 heavy (non-hydrogen) atoms. The molecule has 2 saturated heterocycles. The van der Waals surface area contributed by atoms with Crippen LogP contribution in [0.2, 0.25) is 0 Å². The Morgan fingerprint density at radius 1 is 0.974 bits per heavy atom. The highest BCUT2D eigenvalue weighted by molar-refractivity contribution is 7.89. The molecule has 208 valence electrons. The highest BCUT2D eigenvalue weighted by Gasteiger charge is 2.50. The van der Waals surface area contributed by atoms with Crippen molar-refractivity contribution in [1.29, 1.82) is 0 Å². The lowest BCUT2D eigenvalue weighted by Crippen LogP contribution is -2.68. The number of sulfonamides is 1. The van der Waals surface area contributed by atoms with E-state index in [9.17, 15) is 8.42 Å². The topological polar surface area (TPSA) is 85.1 Å². The van der Waals surface area contributed by atoms with Gasteiger partial charge in [0, 0.05) is 50.0 Å². The minimum absolute atomic E-state index is 0.0616. The van der Waals surface area contributed by atoms with E-state index in [4.69, 9.17) is 15.2 Å². The molecule has 3 aromatic carbocycles. The number of ether oxygens (including phenoxy) is 2. The monoisotopic (exact) mass is 549 g/mol. The third kappa shape index (κ3) is 5.18. The van der Waals surface area contributed by atoms with E-state index in [1.54, 1.807) is 29.6 Å². The zero-order valence-electron chi connectivity index (χ0n) is 23.3. The molecule has 3 aromatic rings. The van der Waals surface area contributed by atoms with Crippen LogP contribution >= 0.6 is 0 Å². The Kier molecular flexibility index (Phi) is 8.01. The Labute approximate surface area is 232 Å². The van der Waals surface area contributed by atoms with Gasteiger partial charge in [-0.1, -0.05) is 42.5 Å². The molecular formula is C31H39N3O4S. The molecule has 5 rings (SSSR count). The third-order valence-corrected chi connectivity index (χ3v) is 10.4. The molecule has 0 aliphatic carbocycles. The summed E-state index contributed by atoms with van der Waals surface area (Å²) in [6, 6.07) is 20.2. The van der Waals surface area contributed by atoms with Crippen LogP contribution in [0.25, 0.3) is 11.1 Å². The molecule has 0 saturated carbocycles. The second-order valence-electron chi connectivity index (χ2n) is 10.7. The minimum Gasteiger partial charge on any atom is -0.495 e. The Morgan fingerprint density at radius 3 is 2.44 bits per heavy atom. The predicted molar refractivity (Wildman–Crippen MR) is 156 cm³/mol. The van der Waals surface area contributed by atoms with E-state index in [1.165, 1.54) is 34.9 Å². The number of nitrogen functional groups attached to an aromatic ring is 1. The van der Waals surface area contributed by atoms with Crippen molar-refractivity contribution in [3.8, 4) is 16.9 Å². The van der Waals surface area contributed by atoms with Crippen LogP contribution in [0, 0.1) is 13.8 Å². The van der Waals surface area contributed by atoms with Crippen molar-refractivity contribution in [1.82, 2.24) is 9.21 Å². The van der Waals surface area contributed by atoms with E-state index in [-0.39, 0.29) is 28.6 Å². The van der Waals surface area contributed by atoms with Crippen molar-refractivity contribution in [3.63, 3.8) is 0 Å². The van der Waals surface area contributed by atoms with Gasteiger partial charge in [0.05, 0.1) is 13.7 Å². The first kappa shape index (κ1) is 27.6. The molecule has 8 heteroatoms. The first-order valence-corrected chi connectivity index (χ1v) is 15.0. The number of nitrogens with zero attached hydrogens (tertiary/aromatic N) is 2. The number of benzene rings is 3. The molecule has 0 spiro atoms. The van der Waals surface area contributed by atoms with Crippen molar-refractivity contribution in [2.75, 3.05) is 46.2 Å². The molecule has 0 radical (unpaired) electrons. The average molecular weight is 550 g/mol. The van der Waals surface area contributed by atoms with Crippen LogP contribution in [0.4, 0.5) is 5.69 Å². The SMILES string of the molecule is COCC1[C@@H](c2ccc(-c3cccc(C)c3C)cc2)[C@@H]2CN(S(=O)(=O)c3ccc(N)cc3OC)CCCCN12. The number of hydrogen-bond acceptors (Lipinski definition) is 6. The molecule has 2 aliphatic rings. The number of hydrogen-bond donors (Lipinski definition) is 1. The van der Waals surface area contributed by atoms with E-state index < -0.39 is 10.0 Å². The number of anilines is 1. The molecule has 7 nitrogen and oxygen atoms in total. The first-order valence-electron chi connectivity index (χ1n) is 13.6. The van der Waals surface area contributed by atoms with Crippen molar-refractivity contribution >= 4 is 15.7 Å². The normalized spacial score (nSPS) is 22.4. The minimum atomic E-state index is -3.78. The molecular weight excluding hydrogens is 510 g/mol.